The Morgan fingerprint density at radius 3 is 2.42 bits per heavy atom. The minimum atomic E-state index is 0.170. The van der Waals surface area contributed by atoms with Gasteiger partial charge < -0.3 is 4.74 Å². The SMILES string of the molecule is CC(C)Oc1ccc(C(=O)CCC2CCCC2)cc1. The van der Waals surface area contributed by atoms with E-state index < -0.39 is 0 Å². The Kier molecular flexibility index (Phi) is 5.00. The van der Waals surface area contributed by atoms with Crippen LogP contribution in [0.4, 0.5) is 0 Å². The van der Waals surface area contributed by atoms with Gasteiger partial charge in [-0.25, -0.2) is 0 Å². The largest absolute Gasteiger partial charge is 0.491 e. The Balaban J connectivity index is 1.84. The molecule has 1 aliphatic carbocycles. The van der Waals surface area contributed by atoms with Crippen LogP contribution in [0.1, 0.15) is 62.7 Å². The van der Waals surface area contributed by atoms with Crippen LogP contribution in [0.5, 0.6) is 5.75 Å². The van der Waals surface area contributed by atoms with Crippen molar-refractivity contribution in [2.75, 3.05) is 0 Å². The fraction of sp³-hybridized carbons (Fsp3) is 0.588. The molecular weight excluding hydrogens is 236 g/mol. The molecule has 2 nitrogen and oxygen atoms in total. The van der Waals surface area contributed by atoms with Crippen LogP contribution in [-0.2, 0) is 0 Å². The Bertz CT molecular complexity index is 400. The average molecular weight is 260 g/mol. The maximum Gasteiger partial charge on any atom is 0.162 e. The van der Waals surface area contributed by atoms with Crippen molar-refractivity contribution >= 4 is 5.78 Å². The van der Waals surface area contributed by atoms with Gasteiger partial charge in [0.05, 0.1) is 6.10 Å². The quantitative estimate of drug-likeness (QED) is 0.697. The van der Waals surface area contributed by atoms with Crippen LogP contribution in [0, 0.1) is 5.92 Å². The number of carbonyl (C=O) groups is 1. The second-order valence-electron chi connectivity index (χ2n) is 5.80. The molecule has 1 fully saturated rings. The lowest BCUT2D eigenvalue weighted by molar-refractivity contribution is 0.0974. The molecule has 104 valence electrons. The molecular formula is C17H24O2. The van der Waals surface area contributed by atoms with Gasteiger partial charge in [-0.05, 0) is 50.5 Å². The first-order valence-corrected chi connectivity index (χ1v) is 7.45. The van der Waals surface area contributed by atoms with Crippen molar-refractivity contribution in [1.82, 2.24) is 0 Å². The summed E-state index contributed by atoms with van der Waals surface area (Å²) in [7, 11) is 0. The van der Waals surface area contributed by atoms with E-state index >= 15 is 0 Å². The van der Waals surface area contributed by atoms with Crippen molar-refractivity contribution in [2.45, 2.75) is 58.5 Å². The molecule has 0 atom stereocenters. The molecule has 0 bridgehead atoms. The number of Topliss-reactive ketones (excluding diaryl/α,β-unsaturated/α-hetero) is 1. The third-order valence-electron chi connectivity index (χ3n) is 3.80. The Hall–Kier alpha value is -1.31. The molecule has 0 aliphatic heterocycles. The summed E-state index contributed by atoms with van der Waals surface area (Å²) in [5.74, 6) is 1.89. The van der Waals surface area contributed by atoms with Gasteiger partial charge >= 0.3 is 0 Å². The lowest BCUT2D eigenvalue weighted by Crippen LogP contribution is -2.06. The summed E-state index contributed by atoms with van der Waals surface area (Å²) in [6.45, 7) is 4.00. The standard InChI is InChI=1S/C17H24O2/c1-13(2)19-16-10-8-15(9-11-16)17(18)12-7-14-5-3-4-6-14/h8-11,13-14H,3-7,12H2,1-2H3. The van der Waals surface area contributed by atoms with E-state index in [1.54, 1.807) is 0 Å². The summed E-state index contributed by atoms with van der Waals surface area (Å²) in [6, 6.07) is 7.55. The van der Waals surface area contributed by atoms with Gasteiger partial charge in [-0.2, -0.15) is 0 Å². The summed E-state index contributed by atoms with van der Waals surface area (Å²) in [6.07, 6.45) is 7.24. The lowest BCUT2D eigenvalue weighted by atomic mass is 9.97. The van der Waals surface area contributed by atoms with Crippen LogP contribution >= 0.6 is 0 Å². The normalized spacial score (nSPS) is 15.9. The molecule has 0 amide bonds. The summed E-state index contributed by atoms with van der Waals surface area (Å²) < 4.78 is 5.58. The zero-order valence-electron chi connectivity index (χ0n) is 12.0. The molecule has 0 N–H and O–H groups in total. The van der Waals surface area contributed by atoms with E-state index in [1.165, 1.54) is 25.7 Å². The molecule has 2 heteroatoms. The molecule has 0 heterocycles. The minimum Gasteiger partial charge on any atom is -0.491 e. The fourth-order valence-electron chi connectivity index (χ4n) is 2.77. The van der Waals surface area contributed by atoms with Gasteiger partial charge in [-0.1, -0.05) is 25.7 Å². The van der Waals surface area contributed by atoms with E-state index in [0.717, 1.165) is 23.7 Å². The van der Waals surface area contributed by atoms with E-state index in [9.17, 15) is 4.79 Å². The van der Waals surface area contributed by atoms with E-state index in [1.807, 2.05) is 38.1 Å². The summed E-state index contributed by atoms with van der Waals surface area (Å²) in [4.78, 5) is 12.1. The van der Waals surface area contributed by atoms with Gasteiger partial charge in [-0.15, -0.1) is 0 Å². The molecule has 1 saturated carbocycles. The van der Waals surface area contributed by atoms with Crippen molar-refractivity contribution in [1.29, 1.82) is 0 Å². The zero-order valence-corrected chi connectivity index (χ0v) is 12.0. The highest BCUT2D eigenvalue weighted by atomic mass is 16.5. The number of ether oxygens (including phenoxy) is 1. The smallest absolute Gasteiger partial charge is 0.162 e. The van der Waals surface area contributed by atoms with Gasteiger partial charge in [0.2, 0.25) is 0 Å². The van der Waals surface area contributed by atoms with Crippen molar-refractivity contribution in [2.24, 2.45) is 5.92 Å². The first-order chi connectivity index (χ1) is 9.15. The molecule has 1 aromatic rings. The molecule has 0 aromatic heterocycles. The Morgan fingerprint density at radius 1 is 1.21 bits per heavy atom. The van der Waals surface area contributed by atoms with Crippen LogP contribution in [0.2, 0.25) is 0 Å². The highest BCUT2D eigenvalue weighted by molar-refractivity contribution is 5.96. The van der Waals surface area contributed by atoms with Gasteiger partial charge in [0.15, 0.2) is 5.78 Å². The van der Waals surface area contributed by atoms with Gasteiger partial charge in [0.25, 0.3) is 0 Å². The highest BCUT2D eigenvalue weighted by Gasteiger charge is 2.16. The fourth-order valence-corrected chi connectivity index (χ4v) is 2.77. The molecule has 1 aromatic carbocycles. The van der Waals surface area contributed by atoms with Crippen LogP contribution in [0.25, 0.3) is 0 Å². The monoisotopic (exact) mass is 260 g/mol. The predicted molar refractivity (Wildman–Crippen MR) is 77.7 cm³/mol. The van der Waals surface area contributed by atoms with Crippen LogP contribution in [0.15, 0.2) is 24.3 Å². The number of hydrogen-bond donors (Lipinski definition) is 0. The van der Waals surface area contributed by atoms with Gasteiger partial charge in [-0.3, -0.25) is 4.79 Å². The third-order valence-corrected chi connectivity index (χ3v) is 3.80. The number of ketones is 1. The maximum absolute atomic E-state index is 12.1. The second-order valence-corrected chi connectivity index (χ2v) is 5.80. The molecule has 0 spiro atoms. The van der Waals surface area contributed by atoms with Crippen LogP contribution in [0.3, 0.4) is 0 Å². The topological polar surface area (TPSA) is 26.3 Å². The van der Waals surface area contributed by atoms with Crippen molar-refractivity contribution in [3.8, 4) is 5.75 Å². The number of rotatable bonds is 6. The van der Waals surface area contributed by atoms with Crippen molar-refractivity contribution < 1.29 is 9.53 Å². The Morgan fingerprint density at radius 2 is 1.84 bits per heavy atom. The predicted octanol–water partition coefficient (Wildman–Crippen LogP) is 4.63. The van der Waals surface area contributed by atoms with Crippen LogP contribution in [-0.4, -0.2) is 11.9 Å². The molecule has 0 saturated heterocycles. The first-order valence-electron chi connectivity index (χ1n) is 7.45. The number of benzene rings is 1. The van der Waals surface area contributed by atoms with Crippen LogP contribution < -0.4 is 4.74 Å². The maximum atomic E-state index is 12.1. The van der Waals surface area contributed by atoms with Crippen molar-refractivity contribution in [3.05, 3.63) is 29.8 Å². The molecule has 0 unspecified atom stereocenters. The zero-order chi connectivity index (χ0) is 13.7. The summed E-state index contributed by atoms with van der Waals surface area (Å²) in [5.41, 5.74) is 0.814. The molecule has 19 heavy (non-hydrogen) atoms. The number of carbonyl (C=O) groups excluding carboxylic acids is 1. The van der Waals surface area contributed by atoms with Gasteiger partial charge in [0.1, 0.15) is 5.75 Å². The third kappa shape index (κ3) is 4.38. The van der Waals surface area contributed by atoms with Crippen molar-refractivity contribution in [3.63, 3.8) is 0 Å². The first kappa shape index (κ1) is 14.1. The van der Waals surface area contributed by atoms with E-state index in [4.69, 9.17) is 4.74 Å². The minimum absolute atomic E-state index is 0.170. The summed E-state index contributed by atoms with van der Waals surface area (Å²) >= 11 is 0. The second kappa shape index (κ2) is 6.74. The highest BCUT2D eigenvalue weighted by Crippen LogP contribution is 2.29. The van der Waals surface area contributed by atoms with E-state index in [2.05, 4.69) is 0 Å². The van der Waals surface area contributed by atoms with E-state index in [-0.39, 0.29) is 11.9 Å². The van der Waals surface area contributed by atoms with Gasteiger partial charge in [0, 0.05) is 12.0 Å². The number of hydrogen-bond acceptors (Lipinski definition) is 2. The average Bonchev–Trinajstić information content (AvgIpc) is 2.89. The molecule has 2 rings (SSSR count). The van der Waals surface area contributed by atoms with E-state index in [0.29, 0.717) is 6.42 Å². The Labute approximate surface area is 116 Å². The molecule has 0 radical (unpaired) electrons. The summed E-state index contributed by atoms with van der Waals surface area (Å²) in [5, 5.41) is 0. The lowest BCUT2D eigenvalue weighted by Gasteiger charge is -2.10. The molecule has 1 aliphatic rings.